The van der Waals surface area contributed by atoms with E-state index in [1.807, 2.05) is 19.9 Å². The van der Waals surface area contributed by atoms with Crippen LogP contribution in [0.1, 0.15) is 34.6 Å². The van der Waals surface area contributed by atoms with Gasteiger partial charge in [-0.25, -0.2) is 9.50 Å². The van der Waals surface area contributed by atoms with Gasteiger partial charge in [-0.1, -0.05) is 6.07 Å². The number of fused-ring (bicyclic) bond motifs is 1. The molecule has 32 heavy (non-hydrogen) atoms. The summed E-state index contributed by atoms with van der Waals surface area (Å²) in [4.78, 5) is 28.7. The van der Waals surface area contributed by atoms with E-state index in [9.17, 15) is 9.59 Å². The van der Waals surface area contributed by atoms with Crippen molar-refractivity contribution in [3.8, 4) is 11.6 Å². The van der Waals surface area contributed by atoms with Crippen molar-refractivity contribution >= 4 is 29.0 Å². The predicted molar refractivity (Wildman–Crippen MR) is 117 cm³/mol. The van der Waals surface area contributed by atoms with Crippen molar-refractivity contribution in [2.45, 2.75) is 26.7 Å². The Morgan fingerprint density at radius 3 is 2.72 bits per heavy atom. The molecule has 10 nitrogen and oxygen atoms in total. The third kappa shape index (κ3) is 4.15. The van der Waals surface area contributed by atoms with Crippen LogP contribution in [0.15, 0.2) is 42.6 Å². The second-order valence-electron chi connectivity index (χ2n) is 7.83. The van der Waals surface area contributed by atoms with E-state index in [0.29, 0.717) is 34.5 Å². The molecule has 3 heterocycles. The number of hydrogen-bond acceptors (Lipinski definition) is 6. The van der Waals surface area contributed by atoms with Gasteiger partial charge in [-0.15, -0.1) is 5.10 Å². The Hall–Kier alpha value is -4.21. The average molecular weight is 431 g/mol. The zero-order valence-corrected chi connectivity index (χ0v) is 17.5. The minimum absolute atomic E-state index is 0.0101. The summed E-state index contributed by atoms with van der Waals surface area (Å²) in [6.45, 7) is 3.72. The van der Waals surface area contributed by atoms with Gasteiger partial charge in [0.1, 0.15) is 5.75 Å². The van der Waals surface area contributed by atoms with Crippen LogP contribution >= 0.6 is 0 Å². The second kappa shape index (κ2) is 7.80. The molecule has 2 amide bonds. The highest BCUT2D eigenvalue weighted by molar-refractivity contribution is 6.03. The first-order valence-corrected chi connectivity index (χ1v) is 10.2. The lowest BCUT2D eigenvalue weighted by Crippen LogP contribution is -2.13. The fourth-order valence-corrected chi connectivity index (χ4v) is 3.19. The van der Waals surface area contributed by atoms with Crippen molar-refractivity contribution in [3.63, 3.8) is 0 Å². The molecule has 5 rings (SSSR count). The molecule has 0 aliphatic heterocycles. The SMILES string of the molecule is Cc1cc(C(=O)Nc2cc(Oc3ccc4nc(NC(=O)C5CC5)cn4n3)ccc2C)n[nH]1. The summed E-state index contributed by atoms with van der Waals surface area (Å²) in [6.07, 6.45) is 3.50. The average Bonchev–Trinajstić information content (AvgIpc) is 3.41. The van der Waals surface area contributed by atoms with E-state index in [1.165, 1.54) is 0 Å². The van der Waals surface area contributed by atoms with E-state index in [1.54, 1.807) is 41.0 Å². The summed E-state index contributed by atoms with van der Waals surface area (Å²) in [5.41, 5.74) is 3.20. The number of aromatic nitrogens is 5. The van der Waals surface area contributed by atoms with E-state index in [4.69, 9.17) is 4.74 Å². The molecule has 162 valence electrons. The van der Waals surface area contributed by atoms with Gasteiger partial charge in [0.25, 0.3) is 5.91 Å². The molecule has 3 aromatic heterocycles. The highest BCUT2D eigenvalue weighted by Crippen LogP contribution is 2.30. The van der Waals surface area contributed by atoms with Gasteiger partial charge in [-0.2, -0.15) is 5.10 Å². The van der Waals surface area contributed by atoms with E-state index < -0.39 is 0 Å². The lowest BCUT2D eigenvalue weighted by molar-refractivity contribution is -0.117. The van der Waals surface area contributed by atoms with Crippen LogP contribution in [-0.4, -0.2) is 36.6 Å². The molecule has 10 heteroatoms. The third-order valence-corrected chi connectivity index (χ3v) is 5.11. The Kier molecular flexibility index (Phi) is 4.81. The maximum absolute atomic E-state index is 12.4. The molecule has 1 fully saturated rings. The Morgan fingerprint density at radius 2 is 1.97 bits per heavy atom. The van der Waals surface area contributed by atoms with Gasteiger partial charge in [0.15, 0.2) is 17.2 Å². The number of aryl methyl sites for hydroxylation is 2. The molecule has 1 aliphatic carbocycles. The molecule has 0 atom stereocenters. The molecule has 1 saturated carbocycles. The van der Waals surface area contributed by atoms with Gasteiger partial charge in [0.05, 0.1) is 6.20 Å². The number of nitrogens with one attached hydrogen (secondary N) is 3. The molecule has 0 saturated heterocycles. The zero-order chi connectivity index (χ0) is 22.2. The standard InChI is InChI=1S/C22H21N7O3/c1-12-3-6-15(10-16(12)23-22(31)17-9-13(2)26-27-17)32-20-8-7-19-24-18(11-29(19)28-20)25-21(30)14-4-5-14/h3,6-11,14H,4-5H2,1-2H3,(H,23,31)(H,25,30)(H,26,27). The van der Waals surface area contributed by atoms with Crippen LogP contribution in [0.3, 0.4) is 0 Å². The summed E-state index contributed by atoms with van der Waals surface area (Å²) in [7, 11) is 0. The number of nitrogens with zero attached hydrogens (tertiary/aromatic N) is 4. The van der Waals surface area contributed by atoms with Gasteiger partial charge in [0.2, 0.25) is 11.8 Å². The third-order valence-electron chi connectivity index (χ3n) is 5.11. The minimum Gasteiger partial charge on any atom is -0.438 e. The molecule has 0 unspecified atom stereocenters. The van der Waals surface area contributed by atoms with E-state index in [-0.39, 0.29) is 17.7 Å². The van der Waals surface area contributed by atoms with Crippen molar-refractivity contribution in [1.29, 1.82) is 0 Å². The van der Waals surface area contributed by atoms with Crippen LogP contribution in [0, 0.1) is 19.8 Å². The van der Waals surface area contributed by atoms with Crippen molar-refractivity contribution in [1.82, 2.24) is 24.8 Å². The largest absolute Gasteiger partial charge is 0.438 e. The first-order valence-electron chi connectivity index (χ1n) is 10.2. The number of carbonyl (C=O) groups is 2. The number of carbonyl (C=O) groups excluding carboxylic acids is 2. The first-order chi connectivity index (χ1) is 15.4. The molecule has 0 bridgehead atoms. The molecule has 1 aromatic carbocycles. The van der Waals surface area contributed by atoms with Crippen LogP contribution in [-0.2, 0) is 4.79 Å². The highest BCUT2D eigenvalue weighted by atomic mass is 16.5. The summed E-state index contributed by atoms with van der Waals surface area (Å²) in [5.74, 6) is 1.09. The predicted octanol–water partition coefficient (Wildman–Crippen LogP) is 3.46. The number of hydrogen-bond donors (Lipinski definition) is 3. The first kappa shape index (κ1) is 19.7. The number of aromatic amines is 1. The second-order valence-corrected chi connectivity index (χ2v) is 7.83. The lowest BCUT2D eigenvalue weighted by Gasteiger charge is -2.10. The van der Waals surface area contributed by atoms with Crippen LogP contribution in [0.25, 0.3) is 5.65 Å². The van der Waals surface area contributed by atoms with Crippen LogP contribution in [0.5, 0.6) is 11.6 Å². The lowest BCUT2D eigenvalue weighted by atomic mass is 10.2. The smallest absolute Gasteiger partial charge is 0.276 e. The zero-order valence-electron chi connectivity index (χ0n) is 17.5. The Labute approximate surface area is 183 Å². The van der Waals surface area contributed by atoms with Crippen LogP contribution < -0.4 is 15.4 Å². The van der Waals surface area contributed by atoms with Crippen molar-refractivity contribution in [2.75, 3.05) is 10.6 Å². The quantitative estimate of drug-likeness (QED) is 0.429. The molecule has 1 aliphatic rings. The minimum atomic E-state index is -0.312. The summed E-state index contributed by atoms with van der Waals surface area (Å²) in [5, 5.41) is 16.8. The van der Waals surface area contributed by atoms with Crippen molar-refractivity contribution in [3.05, 3.63) is 59.5 Å². The molecule has 4 aromatic rings. The number of imidazole rings is 1. The highest BCUT2D eigenvalue weighted by Gasteiger charge is 2.30. The molecule has 0 radical (unpaired) electrons. The summed E-state index contributed by atoms with van der Waals surface area (Å²) >= 11 is 0. The van der Waals surface area contributed by atoms with E-state index in [2.05, 4.69) is 30.9 Å². The molecular formula is C22H21N7O3. The van der Waals surface area contributed by atoms with Gasteiger partial charge in [0, 0.05) is 29.4 Å². The molecule has 0 spiro atoms. The van der Waals surface area contributed by atoms with E-state index >= 15 is 0 Å². The number of rotatable bonds is 6. The number of H-pyrrole nitrogens is 1. The number of amides is 2. The monoisotopic (exact) mass is 431 g/mol. The number of ether oxygens (including phenoxy) is 1. The van der Waals surface area contributed by atoms with Crippen LogP contribution in [0.2, 0.25) is 0 Å². The fourth-order valence-electron chi connectivity index (χ4n) is 3.19. The maximum atomic E-state index is 12.4. The summed E-state index contributed by atoms with van der Waals surface area (Å²) in [6, 6.07) is 10.5. The Morgan fingerprint density at radius 1 is 1.12 bits per heavy atom. The fraction of sp³-hybridized carbons (Fsp3) is 0.227. The molecular weight excluding hydrogens is 410 g/mol. The van der Waals surface area contributed by atoms with E-state index in [0.717, 1.165) is 24.1 Å². The maximum Gasteiger partial charge on any atom is 0.276 e. The van der Waals surface area contributed by atoms with Gasteiger partial charge in [-0.3, -0.25) is 14.7 Å². The van der Waals surface area contributed by atoms with Gasteiger partial charge < -0.3 is 15.4 Å². The molecule has 3 N–H and O–H groups in total. The van der Waals surface area contributed by atoms with Gasteiger partial charge >= 0.3 is 0 Å². The van der Waals surface area contributed by atoms with Gasteiger partial charge in [-0.05, 0) is 50.5 Å². The van der Waals surface area contributed by atoms with Crippen LogP contribution in [0.4, 0.5) is 11.5 Å². The van der Waals surface area contributed by atoms with Crippen molar-refractivity contribution < 1.29 is 14.3 Å². The Balaban J connectivity index is 1.32. The Bertz CT molecular complexity index is 1340. The summed E-state index contributed by atoms with van der Waals surface area (Å²) < 4.78 is 7.44. The topological polar surface area (TPSA) is 126 Å². The van der Waals surface area contributed by atoms with Crippen molar-refractivity contribution in [2.24, 2.45) is 5.92 Å². The normalized spacial score (nSPS) is 13.2. The number of benzene rings is 1. The number of anilines is 2.